The molecule has 1 aliphatic carbocycles. The number of hydrogen-bond acceptors (Lipinski definition) is 3. The van der Waals surface area contributed by atoms with Crippen LogP contribution >= 0.6 is 11.6 Å². The van der Waals surface area contributed by atoms with Gasteiger partial charge in [-0.3, -0.25) is 0 Å². The normalized spacial score (nSPS) is 24.6. The van der Waals surface area contributed by atoms with Crippen LogP contribution in [0.2, 0.25) is 5.02 Å². The minimum Gasteiger partial charge on any atom is -0.399 e. The standard InChI is InChI=1S/C12H17ClN2O/c1-16-12-4-2-3-11(12)15-10-6-5-8(14)7-9(10)13/h5-7,11-12,15H,2-4,14H2,1H3. The summed E-state index contributed by atoms with van der Waals surface area (Å²) in [7, 11) is 1.76. The second-order valence-electron chi connectivity index (χ2n) is 4.20. The molecule has 2 rings (SSSR count). The van der Waals surface area contributed by atoms with E-state index in [1.165, 1.54) is 6.42 Å². The third-order valence-electron chi connectivity index (χ3n) is 3.09. The van der Waals surface area contributed by atoms with Crippen LogP contribution in [0.4, 0.5) is 11.4 Å². The Hall–Kier alpha value is -0.930. The van der Waals surface area contributed by atoms with Crippen LogP contribution in [0.15, 0.2) is 18.2 Å². The highest BCUT2D eigenvalue weighted by atomic mass is 35.5. The highest BCUT2D eigenvalue weighted by molar-refractivity contribution is 6.33. The van der Waals surface area contributed by atoms with Gasteiger partial charge in [-0.1, -0.05) is 11.6 Å². The van der Waals surface area contributed by atoms with Crippen LogP contribution in [0.5, 0.6) is 0 Å². The van der Waals surface area contributed by atoms with Crippen LogP contribution in [-0.2, 0) is 4.74 Å². The van der Waals surface area contributed by atoms with E-state index in [0.29, 0.717) is 16.8 Å². The smallest absolute Gasteiger partial charge is 0.0772 e. The Labute approximate surface area is 101 Å². The first-order valence-corrected chi connectivity index (χ1v) is 5.93. The first-order valence-electron chi connectivity index (χ1n) is 5.55. The predicted molar refractivity (Wildman–Crippen MR) is 67.9 cm³/mol. The minimum absolute atomic E-state index is 0.286. The maximum atomic E-state index is 6.12. The summed E-state index contributed by atoms with van der Waals surface area (Å²) in [5.41, 5.74) is 7.27. The minimum atomic E-state index is 0.286. The van der Waals surface area contributed by atoms with Gasteiger partial charge in [0.15, 0.2) is 0 Å². The fraction of sp³-hybridized carbons (Fsp3) is 0.500. The van der Waals surface area contributed by atoms with Gasteiger partial charge >= 0.3 is 0 Å². The van der Waals surface area contributed by atoms with Gasteiger partial charge < -0.3 is 15.8 Å². The van der Waals surface area contributed by atoms with Gasteiger partial charge in [-0.15, -0.1) is 0 Å². The number of benzene rings is 1. The van der Waals surface area contributed by atoms with Gasteiger partial charge in [-0.25, -0.2) is 0 Å². The summed E-state index contributed by atoms with van der Waals surface area (Å²) < 4.78 is 5.43. The van der Waals surface area contributed by atoms with E-state index in [2.05, 4.69) is 5.32 Å². The van der Waals surface area contributed by atoms with Crippen molar-refractivity contribution in [3.8, 4) is 0 Å². The van der Waals surface area contributed by atoms with Crippen LogP contribution in [0, 0.1) is 0 Å². The van der Waals surface area contributed by atoms with Crippen molar-refractivity contribution in [2.45, 2.75) is 31.4 Å². The highest BCUT2D eigenvalue weighted by Gasteiger charge is 2.27. The molecule has 4 heteroatoms. The summed E-state index contributed by atoms with van der Waals surface area (Å²) in [6.07, 6.45) is 3.72. The Balaban J connectivity index is 2.08. The number of methoxy groups -OCH3 is 1. The van der Waals surface area contributed by atoms with Gasteiger partial charge in [0.05, 0.1) is 22.9 Å². The summed E-state index contributed by atoms with van der Waals surface area (Å²) >= 11 is 6.12. The van der Waals surface area contributed by atoms with Crippen molar-refractivity contribution in [1.82, 2.24) is 0 Å². The number of anilines is 2. The molecule has 0 amide bonds. The molecule has 0 bridgehead atoms. The van der Waals surface area contributed by atoms with Crippen LogP contribution < -0.4 is 11.1 Å². The van der Waals surface area contributed by atoms with Gasteiger partial charge in [0.1, 0.15) is 0 Å². The maximum Gasteiger partial charge on any atom is 0.0772 e. The number of hydrogen-bond donors (Lipinski definition) is 2. The van der Waals surface area contributed by atoms with E-state index in [-0.39, 0.29) is 6.10 Å². The molecule has 1 fully saturated rings. The second kappa shape index (κ2) is 4.93. The van der Waals surface area contributed by atoms with E-state index in [1.807, 2.05) is 12.1 Å². The average Bonchev–Trinajstić information content (AvgIpc) is 2.69. The van der Waals surface area contributed by atoms with Crippen molar-refractivity contribution in [2.75, 3.05) is 18.2 Å². The fourth-order valence-electron chi connectivity index (χ4n) is 2.22. The third-order valence-corrected chi connectivity index (χ3v) is 3.40. The van der Waals surface area contributed by atoms with E-state index in [1.54, 1.807) is 13.2 Å². The molecule has 0 spiro atoms. The number of rotatable bonds is 3. The van der Waals surface area contributed by atoms with E-state index in [0.717, 1.165) is 18.5 Å². The highest BCUT2D eigenvalue weighted by Crippen LogP contribution is 2.29. The molecule has 1 aliphatic rings. The molecule has 16 heavy (non-hydrogen) atoms. The lowest BCUT2D eigenvalue weighted by Gasteiger charge is -2.21. The van der Waals surface area contributed by atoms with Crippen molar-refractivity contribution < 1.29 is 4.74 Å². The van der Waals surface area contributed by atoms with Gasteiger partial charge in [0.25, 0.3) is 0 Å². The third kappa shape index (κ3) is 2.42. The predicted octanol–water partition coefficient (Wildman–Crippen LogP) is 2.90. The van der Waals surface area contributed by atoms with Crippen molar-refractivity contribution in [2.24, 2.45) is 0 Å². The summed E-state index contributed by atoms with van der Waals surface area (Å²) in [6, 6.07) is 5.89. The quantitative estimate of drug-likeness (QED) is 0.799. The molecular weight excluding hydrogens is 224 g/mol. The Morgan fingerprint density at radius 2 is 2.25 bits per heavy atom. The number of ether oxygens (including phenoxy) is 1. The lowest BCUT2D eigenvalue weighted by atomic mass is 10.2. The Morgan fingerprint density at radius 3 is 2.94 bits per heavy atom. The lowest BCUT2D eigenvalue weighted by Crippen LogP contribution is -2.29. The van der Waals surface area contributed by atoms with Crippen molar-refractivity contribution in [1.29, 1.82) is 0 Å². The molecule has 88 valence electrons. The molecule has 1 aromatic rings. The summed E-state index contributed by atoms with van der Waals surface area (Å²) in [6.45, 7) is 0. The monoisotopic (exact) mass is 240 g/mol. The second-order valence-corrected chi connectivity index (χ2v) is 4.60. The molecule has 0 aromatic heterocycles. The lowest BCUT2D eigenvalue weighted by molar-refractivity contribution is 0.101. The van der Waals surface area contributed by atoms with E-state index in [4.69, 9.17) is 22.1 Å². The topological polar surface area (TPSA) is 47.3 Å². The average molecular weight is 241 g/mol. The number of nitrogens with one attached hydrogen (secondary N) is 1. The summed E-state index contributed by atoms with van der Waals surface area (Å²) in [5.74, 6) is 0. The van der Waals surface area contributed by atoms with Gasteiger partial charge in [0.2, 0.25) is 0 Å². The van der Waals surface area contributed by atoms with Crippen LogP contribution in [0.3, 0.4) is 0 Å². The van der Waals surface area contributed by atoms with Crippen LogP contribution in [-0.4, -0.2) is 19.3 Å². The first-order chi connectivity index (χ1) is 7.70. The maximum absolute atomic E-state index is 6.12. The molecule has 0 radical (unpaired) electrons. The van der Waals surface area contributed by atoms with Gasteiger partial charge in [-0.05, 0) is 37.5 Å². The Bertz CT molecular complexity index is 370. The molecule has 0 heterocycles. The van der Waals surface area contributed by atoms with Gasteiger partial charge in [0, 0.05) is 12.8 Å². The SMILES string of the molecule is COC1CCCC1Nc1ccc(N)cc1Cl. The van der Waals surface area contributed by atoms with Crippen molar-refractivity contribution in [3.05, 3.63) is 23.2 Å². The zero-order valence-corrected chi connectivity index (χ0v) is 10.1. The van der Waals surface area contributed by atoms with Crippen molar-refractivity contribution >= 4 is 23.0 Å². The molecule has 2 unspecified atom stereocenters. The first kappa shape index (κ1) is 11.6. The molecule has 3 nitrogen and oxygen atoms in total. The Kier molecular flexibility index (Phi) is 3.56. The molecular formula is C12H17ClN2O. The van der Waals surface area contributed by atoms with Crippen LogP contribution in [0.25, 0.3) is 0 Å². The summed E-state index contributed by atoms with van der Waals surface area (Å²) in [4.78, 5) is 0. The molecule has 0 aliphatic heterocycles. The van der Waals surface area contributed by atoms with E-state index >= 15 is 0 Å². The van der Waals surface area contributed by atoms with Gasteiger partial charge in [-0.2, -0.15) is 0 Å². The van der Waals surface area contributed by atoms with Crippen LogP contribution in [0.1, 0.15) is 19.3 Å². The number of nitrogens with two attached hydrogens (primary N) is 1. The molecule has 3 N–H and O–H groups in total. The number of nitrogen functional groups attached to an aromatic ring is 1. The zero-order chi connectivity index (χ0) is 11.5. The Morgan fingerprint density at radius 1 is 1.44 bits per heavy atom. The molecule has 2 atom stereocenters. The van der Waals surface area contributed by atoms with E-state index in [9.17, 15) is 0 Å². The van der Waals surface area contributed by atoms with E-state index < -0.39 is 0 Å². The van der Waals surface area contributed by atoms with Crippen molar-refractivity contribution in [3.63, 3.8) is 0 Å². The fourth-order valence-corrected chi connectivity index (χ4v) is 2.46. The number of halogens is 1. The summed E-state index contributed by atoms with van der Waals surface area (Å²) in [5, 5.41) is 4.09. The zero-order valence-electron chi connectivity index (χ0n) is 9.37. The largest absolute Gasteiger partial charge is 0.399 e. The molecule has 1 saturated carbocycles. The molecule has 1 aromatic carbocycles. The molecule has 0 saturated heterocycles.